The summed E-state index contributed by atoms with van der Waals surface area (Å²) in [6, 6.07) is 0. The van der Waals surface area contributed by atoms with E-state index < -0.39 is 25.0 Å². The molecule has 4 rings (SSSR count). The molecule has 0 aromatic carbocycles. The van der Waals surface area contributed by atoms with Crippen LogP contribution in [0.15, 0.2) is 0 Å². The van der Waals surface area contributed by atoms with Gasteiger partial charge in [0.2, 0.25) is 0 Å². The van der Waals surface area contributed by atoms with Crippen molar-refractivity contribution in [1.29, 1.82) is 0 Å². The minimum Gasteiger partial charge on any atom is -0.469 e. The first-order valence-corrected chi connectivity index (χ1v) is 27.0. The van der Waals surface area contributed by atoms with Crippen molar-refractivity contribution in [3.05, 3.63) is 0 Å². The van der Waals surface area contributed by atoms with Crippen LogP contribution in [0.4, 0.5) is 0 Å². The number of esters is 1. The van der Waals surface area contributed by atoms with Crippen molar-refractivity contribution in [3.8, 4) is 0 Å². The first kappa shape index (κ1) is 33.9. The van der Waals surface area contributed by atoms with Gasteiger partial charge in [-0.2, -0.15) is 0 Å². The molecule has 0 aromatic heterocycles. The lowest BCUT2D eigenvalue weighted by Gasteiger charge is -2.66. The van der Waals surface area contributed by atoms with Gasteiger partial charge in [-0.25, -0.2) is 0 Å². The third-order valence-corrected chi connectivity index (χ3v) is 14.7. The molecular weight excluding hydrogens is 561 g/mol. The standard InChI is InChI=1S/C33H64O5Si3/c1-22(18-30(34)35-4)25-14-15-26-31-27(21-29(33(25,26)3)38-41(11,12)13)32(2)17-16-24(36-39(5,6)7)19-23(32)20-28(31)37-40(8,9)10/h22-29,31H,14-21H2,1-13H3/t22?,23-,24+,25?,26?,27?,28?,29-,31?,32?,33?/m0/s1. The Morgan fingerprint density at radius 1 is 0.805 bits per heavy atom. The van der Waals surface area contributed by atoms with Crippen LogP contribution in [0.2, 0.25) is 58.9 Å². The minimum atomic E-state index is -1.80. The summed E-state index contributed by atoms with van der Waals surface area (Å²) in [7, 11) is -3.62. The molecule has 0 saturated heterocycles. The zero-order chi connectivity index (χ0) is 30.8. The molecule has 4 fully saturated rings. The second-order valence-corrected chi connectivity index (χ2v) is 31.3. The van der Waals surface area contributed by atoms with Gasteiger partial charge in [-0.15, -0.1) is 0 Å². The average molecular weight is 625 g/mol. The highest BCUT2D eigenvalue weighted by atomic mass is 28.4. The number of ether oxygens (including phenoxy) is 1. The maximum absolute atomic E-state index is 12.4. The molecule has 0 aliphatic heterocycles. The lowest BCUT2D eigenvalue weighted by Crippen LogP contribution is -2.64. The maximum atomic E-state index is 12.4. The molecule has 4 saturated carbocycles. The van der Waals surface area contributed by atoms with Crippen LogP contribution in [0.3, 0.4) is 0 Å². The largest absolute Gasteiger partial charge is 0.469 e. The molecule has 5 nitrogen and oxygen atoms in total. The highest BCUT2D eigenvalue weighted by molar-refractivity contribution is 6.70. The van der Waals surface area contributed by atoms with E-state index in [9.17, 15) is 4.79 Å². The van der Waals surface area contributed by atoms with E-state index >= 15 is 0 Å². The second kappa shape index (κ2) is 11.7. The van der Waals surface area contributed by atoms with Gasteiger partial charge < -0.3 is 18.0 Å². The summed E-state index contributed by atoms with van der Waals surface area (Å²) >= 11 is 0. The molecule has 0 amide bonds. The normalized spacial score (nSPS) is 42.2. The van der Waals surface area contributed by atoms with Gasteiger partial charge in [-0.1, -0.05) is 20.8 Å². The van der Waals surface area contributed by atoms with Gasteiger partial charge >= 0.3 is 5.97 Å². The van der Waals surface area contributed by atoms with E-state index in [4.69, 9.17) is 18.0 Å². The fraction of sp³-hybridized carbons (Fsp3) is 0.970. The third kappa shape index (κ3) is 7.13. The number of carbonyl (C=O) groups is 1. The molecule has 0 heterocycles. The summed E-state index contributed by atoms with van der Waals surface area (Å²) in [5.41, 5.74) is 0.360. The molecule has 238 valence electrons. The summed E-state index contributed by atoms with van der Waals surface area (Å²) < 4.78 is 26.4. The first-order valence-electron chi connectivity index (χ1n) is 16.8. The monoisotopic (exact) mass is 624 g/mol. The summed E-state index contributed by atoms with van der Waals surface area (Å²) in [4.78, 5) is 12.4. The fourth-order valence-corrected chi connectivity index (χ4v) is 13.9. The van der Waals surface area contributed by atoms with E-state index in [0.717, 1.165) is 6.42 Å². The van der Waals surface area contributed by atoms with Gasteiger partial charge in [0.15, 0.2) is 25.0 Å². The minimum absolute atomic E-state index is 0.0529. The molecule has 4 aliphatic carbocycles. The van der Waals surface area contributed by atoms with Crippen molar-refractivity contribution in [2.45, 2.75) is 149 Å². The second-order valence-electron chi connectivity index (χ2n) is 17.9. The topological polar surface area (TPSA) is 54.0 Å². The van der Waals surface area contributed by atoms with Gasteiger partial charge in [-0.3, -0.25) is 4.79 Å². The van der Waals surface area contributed by atoms with Crippen LogP contribution in [0, 0.1) is 46.3 Å². The van der Waals surface area contributed by atoms with Crippen LogP contribution >= 0.6 is 0 Å². The number of hydrogen-bond donors (Lipinski definition) is 0. The number of carbonyl (C=O) groups excluding carboxylic acids is 1. The van der Waals surface area contributed by atoms with Gasteiger partial charge in [0.05, 0.1) is 13.2 Å². The van der Waals surface area contributed by atoms with Crippen LogP contribution in [-0.2, 0) is 22.8 Å². The molecule has 0 N–H and O–H groups in total. The number of rotatable bonds is 9. The zero-order valence-electron chi connectivity index (χ0n) is 28.9. The molecule has 11 atom stereocenters. The molecule has 0 aromatic rings. The highest BCUT2D eigenvalue weighted by Gasteiger charge is 2.67. The van der Waals surface area contributed by atoms with E-state index in [1.165, 1.54) is 45.6 Å². The van der Waals surface area contributed by atoms with Crippen LogP contribution in [0.25, 0.3) is 0 Å². The van der Waals surface area contributed by atoms with Crippen LogP contribution in [-0.4, -0.2) is 56.3 Å². The average Bonchev–Trinajstić information content (AvgIpc) is 3.16. The molecule has 8 unspecified atom stereocenters. The van der Waals surface area contributed by atoms with E-state index in [1.54, 1.807) is 0 Å². The van der Waals surface area contributed by atoms with E-state index in [0.29, 0.717) is 59.6 Å². The Morgan fingerprint density at radius 3 is 1.98 bits per heavy atom. The molecule has 0 spiro atoms. The Balaban J connectivity index is 1.75. The molecular formula is C33H64O5Si3. The Hall–Kier alpha value is 0.000649. The molecule has 8 heteroatoms. The highest BCUT2D eigenvalue weighted by Crippen LogP contribution is 2.69. The van der Waals surface area contributed by atoms with Crippen molar-refractivity contribution in [2.24, 2.45) is 46.3 Å². The van der Waals surface area contributed by atoms with Crippen molar-refractivity contribution in [3.63, 3.8) is 0 Å². The molecule has 41 heavy (non-hydrogen) atoms. The van der Waals surface area contributed by atoms with Crippen molar-refractivity contribution < 1.29 is 22.8 Å². The third-order valence-electron chi connectivity index (χ3n) is 11.7. The Bertz CT molecular complexity index is 939. The summed E-state index contributed by atoms with van der Waals surface area (Å²) in [6.45, 7) is 28.7. The smallest absolute Gasteiger partial charge is 0.305 e. The van der Waals surface area contributed by atoms with Crippen LogP contribution in [0.1, 0.15) is 72.1 Å². The van der Waals surface area contributed by atoms with Gasteiger partial charge in [0, 0.05) is 18.6 Å². The lowest BCUT2D eigenvalue weighted by molar-refractivity contribution is -0.199. The van der Waals surface area contributed by atoms with Gasteiger partial charge in [0.1, 0.15) is 0 Å². The fourth-order valence-electron chi connectivity index (χ4n) is 10.3. The number of hydrogen-bond acceptors (Lipinski definition) is 5. The predicted molar refractivity (Wildman–Crippen MR) is 176 cm³/mol. The van der Waals surface area contributed by atoms with Gasteiger partial charge in [-0.05, 0) is 150 Å². The predicted octanol–water partition coefficient (Wildman–Crippen LogP) is 8.72. The van der Waals surface area contributed by atoms with E-state index in [2.05, 4.69) is 79.7 Å². The zero-order valence-corrected chi connectivity index (χ0v) is 31.9. The van der Waals surface area contributed by atoms with E-state index in [-0.39, 0.29) is 17.5 Å². The summed E-state index contributed by atoms with van der Waals surface area (Å²) in [5.74, 6) is 3.08. The Morgan fingerprint density at radius 2 is 1.41 bits per heavy atom. The SMILES string of the molecule is COC(=O)CC(C)C1CCC2C3C(O[Si](C)(C)C)C[C@@H]4C[C@H](O[Si](C)(C)C)CCC4(C)C3C[C@H](O[Si](C)(C)C)C12C. The van der Waals surface area contributed by atoms with Crippen molar-refractivity contribution >= 4 is 30.9 Å². The summed E-state index contributed by atoms with van der Waals surface area (Å²) in [5, 5.41) is 0. The molecule has 4 aliphatic rings. The van der Waals surface area contributed by atoms with E-state index in [1.807, 2.05) is 0 Å². The number of fused-ring (bicyclic) bond motifs is 5. The maximum Gasteiger partial charge on any atom is 0.305 e. The Labute approximate surface area is 256 Å². The number of methoxy groups -OCH3 is 1. The Kier molecular flexibility index (Phi) is 9.70. The van der Waals surface area contributed by atoms with Gasteiger partial charge in [0.25, 0.3) is 0 Å². The van der Waals surface area contributed by atoms with Crippen LogP contribution in [0.5, 0.6) is 0 Å². The molecule has 0 radical (unpaired) electrons. The quantitative estimate of drug-likeness (QED) is 0.190. The first-order chi connectivity index (χ1) is 18.7. The van der Waals surface area contributed by atoms with Crippen molar-refractivity contribution in [2.75, 3.05) is 7.11 Å². The van der Waals surface area contributed by atoms with Crippen LogP contribution < -0.4 is 0 Å². The lowest BCUT2D eigenvalue weighted by atomic mass is 9.43. The van der Waals surface area contributed by atoms with Crippen molar-refractivity contribution in [1.82, 2.24) is 0 Å². The molecule has 0 bridgehead atoms. The summed E-state index contributed by atoms with van der Waals surface area (Å²) in [6.07, 6.45) is 9.85.